The lowest BCUT2D eigenvalue weighted by Gasteiger charge is -2.31. The first-order valence-electron chi connectivity index (χ1n) is 8.66. The molecule has 1 N–H and O–H groups in total. The molecule has 0 spiro atoms. The topological polar surface area (TPSA) is 40.1 Å². The number of guanidine groups is 1. The van der Waals surface area contributed by atoms with Crippen molar-refractivity contribution in [3.8, 4) is 0 Å². The number of aliphatic imine (C=N–C) groups is 1. The van der Waals surface area contributed by atoms with E-state index in [0.29, 0.717) is 0 Å². The molecule has 0 atom stereocenters. The van der Waals surface area contributed by atoms with Gasteiger partial charge in [0.25, 0.3) is 0 Å². The van der Waals surface area contributed by atoms with Crippen LogP contribution in [0.3, 0.4) is 0 Å². The summed E-state index contributed by atoms with van der Waals surface area (Å²) in [4.78, 5) is 8.97. The Morgan fingerprint density at radius 3 is 2.45 bits per heavy atom. The zero-order chi connectivity index (χ0) is 16.4. The Bertz CT molecular complexity index is 314. The summed E-state index contributed by atoms with van der Waals surface area (Å²) < 4.78 is 5.10. The van der Waals surface area contributed by atoms with Crippen LogP contribution in [0.4, 0.5) is 0 Å². The SMILES string of the molecule is CN=C(NCCN(C)CCOC)N(C)CC1CCC(C)CC1. The molecular weight excluding hydrogens is 276 g/mol. The summed E-state index contributed by atoms with van der Waals surface area (Å²) in [5, 5.41) is 3.47. The van der Waals surface area contributed by atoms with E-state index in [9.17, 15) is 0 Å². The molecule has 130 valence electrons. The molecule has 0 aliphatic heterocycles. The van der Waals surface area contributed by atoms with Crippen molar-refractivity contribution in [3.05, 3.63) is 0 Å². The van der Waals surface area contributed by atoms with E-state index in [1.54, 1.807) is 7.11 Å². The van der Waals surface area contributed by atoms with Crippen LogP contribution >= 0.6 is 0 Å². The summed E-state index contributed by atoms with van der Waals surface area (Å²) in [5.74, 6) is 2.75. The highest BCUT2D eigenvalue weighted by Gasteiger charge is 2.20. The van der Waals surface area contributed by atoms with Crippen molar-refractivity contribution < 1.29 is 4.74 Å². The Hall–Kier alpha value is -0.810. The molecule has 5 nitrogen and oxygen atoms in total. The van der Waals surface area contributed by atoms with Crippen LogP contribution in [0.5, 0.6) is 0 Å². The number of nitrogens with zero attached hydrogens (tertiary/aromatic N) is 3. The fourth-order valence-electron chi connectivity index (χ4n) is 3.09. The number of hydrogen-bond acceptors (Lipinski definition) is 3. The molecule has 1 aliphatic rings. The van der Waals surface area contributed by atoms with E-state index in [1.807, 2.05) is 7.05 Å². The molecule has 1 fully saturated rings. The highest BCUT2D eigenvalue weighted by atomic mass is 16.5. The van der Waals surface area contributed by atoms with Gasteiger partial charge in [-0.1, -0.05) is 19.8 Å². The summed E-state index contributed by atoms with van der Waals surface area (Å²) in [7, 11) is 7.89. The lowest BCUT2D eigenvalue weighted by atomic mass is 9.83. The lowest BCUT2D eigenvalue weighted by Crippen LogP contribution is -2.44. The fraction of sp³-hybridized carbons (Fsp3) is 0.941. The molecule has 22 heavy (non-hydrogen) atoms. The Kier molecular flexibility index (Phi) is 9.48. The molecule has 0 saturated heterocycles. The number of likely N-dealkylation sites (N-methyl/N-ethyl adjacent to an activating group) is 1. The molecule has 1 aliphatic carbocycles. The van der Waals surface area contributed by atoms with Crippen LogP contribution in [0, 0.1) is 11.8 Å². The second-order valence-corrected chi connectivity index (χ2v) is 6.78. The predicted molar refractivity (Wildman–Crippen MR) is 94.5 cm³/mol. The van der Waals surface area contributed by atoms with Crippen LogP contribution in [0.15, 0.2) is 4.99 Å². The number of ether oxygens (including phenoxy) is 1. The second-order valence-electron chi connectivity index (χ2n) is 6.78. The predicted octanol–water partition coefficient (Wildman–Crippen LogP) is 1.90. The van der Waals surface area contributed by atoms with Crippen molar-refractivity contribution in [1.82, 2.24) is 15.1 Å². The van der Waals surface area contributed by atoms with E-state index in [4.69, 9.17) is 4.74 Å². The maximum atomic E-state index is 5.10. The Balaban J connectivity index is 2.25. The van der Waals surface area contributed by atoms with E-state index >= 15 is 0 Å². The van der Waals surface area contributed by atoms with E-state index < -0.39 is 0 Å². The van der Waals surface area contributed by atoms with Gasteiger partial charge in [-0.05, 0) is 31.7 Å². The van der Waals surface area contributed by atoms with Gasteiger partial charge in [0.15, 0.2) is 5.96 Å². The largest absolute Gasteiger partial charge is 0.383 e. The van der Waals surface area contributed by atoms with Crippen molar-refractivity contribution in [1.29, 1.82) is 0 Å². The Labute approximate surface area is 137 Å². The summed E-state index contributed by atoms with van der Waals surface area (Å²) in [6, 6.07) is 0. The van der Waals surface area contributed by atoms with Crippen LogP contribution in [-0.2, 0) is 4.74 Å². The Morgan fingerprint density at radius 2 is 1.86 bits per heavy atom. The zero-order valence-corrected chi connectivity index (χ0v) is 15.3. The molecule has 0 aromatic carbocycles. The van der Waals surface area contributed by atoms with Gasteiger partial charge in [-0.25, -0.2) is 0 Å². The Morgan fingerprint density at radius 1 is 1.18 bits per heavy atom. The van der Waals surface area contributed by atoms with Gasteiger partial charge in [-0.3, -0.25) is 4.99 Å². The molecule has 1 rings (SSSR count). The first-order chi connectivity index (χ1) is 10.6. The van der Waals surface area contributed by atoms with Gasteiger partial charge in [0.2, 0.25) is 0 Å². The summed E-state index contributed by atoms with van der Waals surface area (Å²) >= 11 is 0. The van der Waals surface area contributed by atoms with E-state index in [0.717, 1.165) is 50.6 Å². The van der Waals surface area contributed by atoms with Crippen LogP contribution in [0.1, 0.15) is 32.6 Å². The van der Waals surface area contributed by atoms with Crippen LogP contribution in [-0.4, -0.2) is 76.8 Å². The molecule has 0 amide bonds. The third-order valence-corrected chi connectivity index (χ3v) is 4.69. The third kappa shape index (κ3) is 7.45. The first kappa shape index (κ1) is 19.2. The molecule has 0 unspecified atom stereocenters. The molecule has 0 radical (unpaired) electrons. The maximum Gasteiger partial charge on any atom is 0.193 e. The zero-order valence-electron chi connectivity index (χ0n) is 15.3. The third-order valence-electron chi connectivity index (χ3n) is 4.69. The average Bonchev–Trinajstić information content (AvgIpc) is 2.51. The minimum atomic E-state index is 0.783. The number of rotatable bonds is 8. The molecule has 0 bridgehead atoms. The van der Waals surface area contributed by atoms with E-state index in [-0.39, 0.29) is 0 Å². The van der Waals surface area contributed by atoms with Gasteiger partial charge in [0, 0.05) is 47.4 Å². The van der Waals surface area contributed by atoms with E-state index in [1.165, 1.54) is 25.7 Å². The lowest BCUT2D eigenvalue weighted by molar-refractivity contribution is 0.162. The average molecular weight is 313 g/mol. The normalized spacial score (nSPS) is 22.9. The van der Waals surface area contributed by atoms with Crippen molar-refractivity contribution in [2.45, 2.75) is 32.6 Å². The van der Waals surface area contributed by atoms with Gasteiger partial charge in [-0.2, -0.15) is 0 Å². The van der Waals surface area contributed by atoms with Gasteiger partial charge in [0.1, 0.15) is 0 Å². The van der Waals surface area contributed by atoms with Gasteiger partial charge >= 0.3 is 0 Å². The van der Waals surface area contributed by atoms with Gasteiger partial charge < -0.3 is 19.9 Å². The van der Waals surface area contributed by atoms with Crippen LogP contribution in [0.2, 0.25) is 0 Å². The molecule has 5 heteroatoms. The molecule has 1 saturated carbocycles. The maximum absolute atomic E-state index is 5.10. The molecule has 0 aromatic heterocycles. The smallest absolute Gasteiger partial charge is 0.193 e. The highest BCUT2D eigenvalue weighted by Crippen LogP contribution is 2.28. The minimum Gasteiger partial charge on any atom is -0.383 e. The quantitative estimate of drug-likeness (QED) is 0.549. The summed E-state index contributed by atoms with van der Waals surface area (Å²) in [6.07, 6.45) is 5.49. The molecular formula is C17H36N4O. The van der Waals surface area contributed by atoms with Crippen molar-refractivity contribution in [2.24, 2.45) is 16.8 Å². The number of nitrogens with one attached hydrogen (secondary N) is 1. The van der Waals surface area contributed by atoms with Crippen LogP contribution < -0.4 is 5.32 Å². The fourth-order valence-corrected chi connectivity index (χ4v) is 3.09. The highest BCUT2D eigenvalue weighted by molar-refractivity contribution is 5.79. The number of methoxy groups -OCH3 is 1. The molecule has 0 heterocycles. The minimum absolute atomic E-state index is 0.783. The first-order valence-corrected chi connectivity index (χ1v) is 8.66. The number of hydrogen-bond donors (Lipinski definition) is 1. The summed E-state index contributed by atoms with van der Waals surface area (Å²) in [5.41, 5.74) is 0. The standard InChI is InChI=1S/C17H36N4O/c1-15-6-8-16(9-7-15)14-21(4)17(18-2)19-10-11-20(3)12-13-22-5/h15-16H,6-14H2,1-5H3,(H,18,19). The van der Waals surface area contributed by atoms with Crippen molar-refractivity contribution >= 4 is 5.96 Å². The molecule has 0 aromatic rings. The van der Waals surface area contributed by atoms with Crippen LogP contribution in [0.25, 0.3) is 0 Å². The summed E-state index contributed by atoms with van der Waals surface area (Å²) in [6.45, 7) is 7.15. The van der Waals surface area contributed by atoms with Gasteiger partial charge in [0.05, 0.1) is 6.61 Å². The second kappa shape index (κ2) is 10.8. The van der Waals surface area contributed by atoms with E-state index in [2.05, 4.69) is 41.1 Å². The van der Waals surface area contributed by atoms with Crippen molar-refractivity contribution in [3.63, 3.8) is 0 Å². The van der Waals surface area contributed by atoms with Gasteiger partial charge in [-0.15, -0.1) is 0 Å². The van der Waals surface area contributed by atoms with Crippen molar-refractivity contribution in [2.75, 3.05) is 61.0 Å². The monoisotopic (exact) mass is 312 g/mol.